The quantitative estimate of drug-likeness (QED) is 0.506. The molecule has 1 unspecified atom stereocenters. The highest BCUT2D eigenvalue weighted by Crippen LogP contribution is 2.25. The highest BCUT2D eigenvalue weighted by Gasteiger charge is 2.17. The van der Waals surface area contributed by atoms with E-state index in [0.717, 1.165) is 16.5 Å². The van der Waals surface area contributed by atoms with Gasteiger partial charge in [0.05, 0.1) is 18.1 Å². The first kappa shape index (κ1) is 19.7. The first-order valence-corrected chi connectivity index (χ1v) is 10.5. The molecule has 1 aromatic carbocycles. The van der Waals surface area contributed by atoms with Gasteiger partial charge in [0.2, 0.25) is 5.91 Å². The van der Waals surface area contributed by atoms with Gasteiger partial charge in [0.1, 0.15) is 0 Å². The number of amides is 1. The number of carbonyl (C=O) groups is 1. The molecule has 8 heteroatoms. The summed E-state index contributed by atoms with van der Waals surface area (Å²) >= 11 is 4.81. The summed E-state index contributed by atoms with van der Waals surface area (Å²) in [6, 6.07) is 11.7. The van der Waals surface area contributed by atoms with E-state index < -0.39 is 0 Å². The molecule has 0 aliphatic heterocycles. The molecular weight excluding hydrogens is 428 g/mol. The predicted molar refractivity (Wildman–Crippen MR) is 109 cm³/mol. The number of aromatic nitrogens is 3. The van der Waals surface area contributed by atoms with E-state index in [1.54, 1.807) is 6.26 Å². The molecule has 0 spiro atoms. The van der Waals surface area contributed by atoms with E-state index in [4.69, 9.17) is 4.42 Å². The van der Waals surface area contributed by atoms with Crippen molar-refractivity contribution in [1.29, 1.82) is 0 Å². The van der Waals surface area contributed by atoms with Crippen LogP contribution in [-0.4, -0.2) is 26.4 Å². The maximum absolute atomic E-state index is 12.4. The lowest BCUT2D eigenvalue weighted by atomic mass is 10.0. The Bertz CT molecular complexity index is 878. The number of rotatable bonds is 8. The third-order valence-electron chi connectivity index (χ3n) is 4.12. The molecule has 6 nitrogen and oxygen atoms in total. The van der Waals surface area contributed by atoms with E-state index in [0.29, 0.717) is 23.3 Å². The second-order valence-electron chi connectivity index (χ2n) is 5.90. The normalized spacial score (nSPS) is 12.1. The Morgan fingerprint density at radius 3 is 2.67 bits per heavy atom. The lowest BCUT2D eigenvalue weighted by Crippen LogP contribution is -2.29. The second kappa shape index (κ2) is 9.23. The molecule has 2 heterocycles. The van der Waals surface area contributed by atoms with Crippen LogP contribution in [0.2, 0.25) is 0 Å². The Hall–Kier alpha value is -2.06. The molecule has 1 N–H and O–H groups in total. The standard InChI is InChI=1S/C19H21BrN4O2S/c1-3-15(13-7-9-14(20)10-8-13)21-17(25)12-27-19-23-22-18(24(19)4-2)16-6-5-11-26-16/h5-11,15H,3-4,12H2,1-2H3,(H,21,25). The van der Waals surface area contributed by atoms with Gasteiger partial charge in [-0.3, -0.25) is 9.36 Å². The Kier molecular flexibility index (Phi) is 6.73. The van der Waals surface area contributed by atoms with Crippen LogP contribution in [0, 0.1) is 0 Å². The van der Waals surface area contributed by atoms with Crippen LogP contribution in [0.4, 0.5) is 0 Å². The first-order valence-electron chi connectivity index (χ1n) is 8.77. The molecule has 0 fully saturated rings. The average Bonchev–Trinajstić information content (AvgIpc) is 3.34. The van der Waals surface area contributed by atoms with Crippen LogP contribution in [0.5, 0.6) is 0 Å². The minimum absolute atomic E-state index is 0.00563. The fraction of sp³-hybridized carbons (Fsp3) is 0.316. The Morgan fingerprint density at radius 2 is 2.04 bits per heavy atom. The Balaban J connectivity index is 1.63. The summed E-state index contributed by atoms with van der Waals surface area (Å²) in [4.78, 5) is 12.4. The highest BCUT2D eigenvalue weighted by atomic mass is 79.9. The van der Waals surface area contributed by atoms with E-state index in [-0.39, 0.29) is 17.7 Å². The van der Waals surface area contributed by atoms with E-state index in [2.05, 4.69) is 38.4 Å². The number of hydrogen-bond donors (Lipinski definition) is 1. The number of hydrogen-bond acceptors (Lipinski definition) is 5. The maximum Gasteiger partial charge on any atom is 0.230 e. The molecule has 3 rings (SSSR count). The van der Waals surface area contributed by atoms with Crippen molar-refractivity contribution in [1.82, 2.24) is 20.1 Å². The van der Waals surface area contributed by atoms with Crippen LogP contribution in [0.15, 0.2) is 56.7 Å². The summed E-state index contributed by atoms with van der Waals surface area (Å²) < 4.78 is 8.38. The highest BCUT2D eigenvalue weighted by molar-refractivity contribution is 9.10. The number of halogens is 1. The van der Waals surface area contributed by atoms with Crippen molar-refractivity contribution in [3.8, 4) is 11.6 Å². The molecular formula is C19H21BrN4O2S. The maximum atomic E-state index is 12.4. The number of nitrogens with one attached hydrogen (secondary N) is 1. The third-order valence-corrected chi connectivity index (χ3v) is 5.62. The van der Waals surface area contributed by atoms with Crippen molar-refractivity contribution in [2.24, 2.45) is 0 Å². The van der Waals surface area contributed by atoms with Crippen molar-refractivity contribution in [2.75, 3.05) is 5.75 Å². The van der Waals surface area contributed by atoms with Crippen LogP contribution in [-0.2, 0) is 11.3 Å². The SMILES string of the molecule is CCC(NC(=O)CSc1nnc(-c2ccco2)n1CC)c1ccc(Br)cc1. The molecule has 1 atom stereocenters. The van der Waals surface area contributed by atoms with E-state index in [1.807, 2.05) is 47.9 Å². The summed E-state index contributed by atoms with van der Waals surface area (Å²) in [5.41, 5.74) is 1.09. The van der Waals surface area contributed by atoms with Crippen molar-refractivity contribution < 1.29 is 9.21 Å². The number of benzene rings is 1. The molecule has 2 aromatic heterocycles. The van der Waals surface area contributed by atoms with Crippen LogP contribution in [0.25, 0.3) is 11.6 Å². The second-order valence-corrected chi connectivity index (χ2v) is 7.75. The van der Waals surface area contributed by atoms with Gasteiger partial charge in [-0.05, 0) is 43.2 Å². The first-order chi connectivity index (χ1) is 13.1. The van der Waals surface area contributed by atoms with Gasteiger partial charge in [0.25, 0.3) is 0 Å². The molecule has 27 heavy (non-hydrogen) atoms. The van der Waals surface area contributed by atoms with E-state index in [9.17, 15) is 4.79 Å². The molecule has 0 aliphatic carbocycles. The summed E-state index contributed by atoms with van der Waals surface area (Å²) in [6.07, 6.45) is 2.43. The smallest absolute Gasteiger partial charge is 0.230 e. The van der Waals surface area contributed by atoms with Crippen LogP contribution < -0.4 is 5.32 Å². The molecule has 1 amide bonds. The Morgan fingerprint density at radius 1 is 1.26 bits per heavy atom. The summed E-state index contributed by atoms with van der Waals surface area (Å²) in [5.74, 6) is 1.59. The zero-order chi connectivity index (χ0) is 19.2. The topological polar surface area (TPSA) is 73.0 Å². The van der Waals surface area contributed by atoms with Crippen LogP contribution in [0.1, 0.15) is 31.9 Å². The largest absolute Gasteiger partial charge is 0.461 e. The molecule has 0 bridgehead atoms. The summed E-state index contributed by atoms with van der Waals surface area (Å²) in [5, 5.41) is 12.2. The minimum atomic E-state index is -0.0278. The zero-order valence-electron chi connectivity index (χ0n) is 15.2. The van der Waals surface area contributed by atoms with Crippen LogP contribution in [0.3, 0.4) is 0 Å². The number of thioether (sulfide) groups is 1. The van der Waals surface area contributed by atoms with Crippen LogP contribution >= 0.6 is 27.7 Å². The molecule has 0 saturated carbocycles. The average molecular weight is 449 g/mol. The lowest BCUT2D eigenvalue weighted by Gasteiger charge is -2.17. The third kappa shape index (κ3) is 4.81. The molecule has 142 valence electrons. The van der Waals surface area contributed by atoms with Gasteiger partial charge in [0.15, 0.2) is 16.7 Å². The Labute approximate surface area is 170 Å². The van der Waals surface area contributed by atoms with Crippen molar-refractivity contribution in [3.63, 3.8) is 0 Å². The van der Waals surface area contributed by atoms with Gasteiger partial charge in [-0.15, -0.1) is 10.2 Å². The van der Waals surface area contributed by atoms with E-state index in [1.165, 1.54) is 11.8 Å². The van der Waals surface area contributed by atoms with Gasteiger partial charge in [-0.2, -0.15) is 0 Å². The molecule has 3 aromatic rings. The lowest BCUT2D eigenvalue weighted by molar-refractivity contribution is -0.119. The van der Waals surface area contributed by atoms with Gasteiger partial charge >= 0.3 is 0 Å². The van der Waals surface area contributed by atoms with Crippen molar-refractivity contribution in [3.05, 3.63) is 52.7 Å². The fourth-order valence-electron chi connectivity index (χ4n) is 2.75. The zero-order valence-corrected chi connectivity index (χ0v) is 17.6. The van der Waals surface area contributed by atoms with Gasteiger partial charge in [0, 0.05) is 11.0 Å². The number of carbonyl (C=O) groups excluding carboxylic acids is 1. The van der Waals surface area contributed by atoms with Crippen molar-refractivity contribution >= 4 is 33.6 Å². The number of nitrogens with zero attached hydrogens (tertiary/aromatic N) is 3. The van der Waals surface area contributed by atoms with Gasteiger partial charge in [-0.25, -0.2) is 0 Å². The summed E-state index contributed by atoms with van der Waals surface area (Å²) in [6.45, 7) is 4.77. The fourth-order valence-corrected chi connectivity index (χ4v) is 3.83. The molecule has 0 radical (unpaired) electrons. The molecule has 0 aliphatic rings. The van der Waals surface area contributed by atoms with Crippen molar-refractivity contribution in [2.45, 2.75) is 38.0 Å². The predicted octanol–water partition coefficient (Wildman–Crippen LogP) is 4.68. The number of furan rings is 1. The minimum Gasteiger partial charge on any atom is -0.461 e. The van der Waals surface area contributed by atoms with E-state index >= 15 is 0 Å². The van der Waals surface area contributed by atoms with Gasteiger partial charge < -0.3 is 9.73 Å². The van der Waals surface area contributed by atoms with Gasteiger partial charge in [-0.1, -0.05) is 46.7 Å². The monoisotopic (exact) mass is 448 g/mol. The molecule has 0 saturated heterocycles. The summed E-state index contributed by atoms with van der Waals surface area (Å²) in [7, 11) is 0.